The number of rotatable bonds is 6. The molecule has 0 aliphatic carbocycles. The van der Waals surface area contributed by atoms with Crippen LogP contribution in [0.25, 0.3) is 11.3 Å². The average molecular weight is 408 g/mol. The van der Waals surface area contributed by atoms with E-state index in [4.69, 9.17) is 0 Å². The lowest BCUT2D eigenvalue weighted by atomic mass is 10.0. The van der Waals surface area contributed by atoms with E-state index in [0.717, 1.165) is 39.8 Å². The van der Waals surface area contributed by atoms with Gasteiger partial charge in [-0.2, -0.15) is 5.10 Å². The summed E-state index contributed by atoms with van der Waals surface area (Å²) >= 11 is 1.54. The minimum absolute atomic E-state index is 0.375. The number of hydrogen-bond donors (Lipinski definition) is 3. The highest BCUT2D eigenvalue weighted by Crippen LogP contribution is 2.25. The van der Waals surface area contributed by atoms with Gasteiger partial charge in [0.05, 0.1) is 24.5 Å². The van der Waals surface area contributed by atoms with Crippen LogP contribution in [0.3, 0.4) is 0 Å². The monoisotopic (exact) mass is 407 g/mol. The lowest BCUT2D eigenvalue weighted by Gasteiger charge is -2.24. The van der Waals surface area contributed by atoms with Crippen molar-refractivity contribution in [2.75, 3.05) is 18.5 Å². The summed E-state index contributed by atoms with van der Waals surface area (Å²) in [6, 6.07) is 15.9. The molecule has 6 heteroatoms. The fourth-order valence-corrected chi connectivity index (χ4v) is 4.37. The number of aromatic nitrogens is 1. The van der Waals surface area contributed by atoms with E-state index in [2.05, 4.69) is 33.7 Å². The van der Waals surface area contributed by atoms with E-state index in [1.807, 2.05) is 36.6 Å². The third-order valence-corrected chi connectivity index (χ3v) is 6.14. The smallest absolute Gasteiger partial charge is 0.203 e. The number of likely N-dealkylation sites (tertiary alicyclic amines) is 1. The molecule has 1 fully saturated rings. The lowest BCUT2D eigenvalue weighted by Crippen LogP contribution is -3.11. The lowest BCUT2D eigenvalue weighted by molar-refractivity contribution is -0.918. The van der Waals surface area contributed by atoms with E-state index >= 15 is 0 Å². The Bertz CT molecular complexity index is 978. The number of hydrogen-bond acceptors (Lipinski definition) is 5. The van der Waals surface area contributed by atoms with Crippen LogP contribution in [0.4, 0.5) is 5.13 Å². The molecular weight excluding hydrogens is 380 g/mol. The van der Waals surface area contributed by atoms with E-state index in [9.17, 15) is 5.11 Å². The summed E-state index contributed by atoms with van der Waals surface area (Å²) in [7, 11) is 0. The van der Waals surface area contributed by atoms with Crippen molar-refractivity contribution in [1.29, 1.82) is 0 Å². The zero-order valence-corrected chi connectivity index (χ0v) is 17.5. The predicted molar refractivity (Wildman–Crippen MR) is 120 cm³/mol. The van der Waals surface area contributed by atoms with Crippen molar-refractivity contribution in [2.24, 2.45) is 5.10 Å². The molecule has 150 valence electrons. The van der Waals surface area contributed by atoms with Gasteiger partial charge in [0.25, 0.3) is 0 Å². The van der Waals surface area contributed by atoms with E-state index in [0.29, 0.717) is 5.75 Å². The van der Waals surface area contributed by atoms with E-state index in [-0.39, 0.29) is 0 Å². The molecule has 0 atom stereocenters. The fourth-order valence-electron chi connectivity index (χ4n) is 3.71. The van der Waals surface area contributed by atoms with Crippen molar-refractivity contribution in [3.05, 3.63) is 65.0 Å². The first-order valence-electron chi connectivity index (χ1n) is 10.2. The molecule has 1 aliphatic heterocycles. The van der Waals surface area contributed by atoms with Crippen molar-refractivity contribution in [2.45, 2.75) is 32.7 Å². The second-order valence-electron chi connectivity index (χ2n) is 7.54. The van der Waals surface area contributed by atoms with Gasteiger partial charge < -0.3 is 10.0 Å². The van der Waals surface area contributed by atoms with E-state index < -0.39 is 0 Å². The van der Waals surface area contributed by atoms with Gasteiger partial charge in [-0.05, 0) is 49.9 Å². The van der Waals surface area contributed by atoms with Crippen LogP contribution in [0.2, 0.25) is 0 Å². The predicted octanol–water partition coefficient (Wildman–Crippen LogP) is 3.92. The summed E-state index contributed by atoms with van der Waals surface area (Å²) in [5.41, 5.74) is 8.00. The Balaban J connectivity index is 1.45. The van der Waals surface area contributed by atoms with Gasteiger partial charge in [-0.1, -0.05) is 30.3 Å². The molecule has 5 nitrogen and oxygen atoms in total. The quantitative estimate of drug-likeness (QED) is 0.429. The third kappa shape index (κ3) is 5.02. The van der Waals surface area contributed by atoms with Crippen LogP contribution in [0.15, 0.2) is 59.0 Å². The number of benzene rings is 2. The number of nitrogens with zero attached hydrogens (tertiary/aromatic N) is 2. The molecule has 3 aromatic rings. The molecule has 0 spiro atoms. The Labute approximate surface area is 175 Å². The maximum atomic E-state index is 10.3. The average Bonchev–Trinajstić information content (AvgIpc) is 3.24. The standard InChI is InChI=1S/C23H26N4OS/c1-17(25-26-23-24-21(16-29-23)18-8-4-2-5-9-18)19-10-11-22(28)20(14-19)15-27-12-6-3-7-13-27/h2,4-5,8-11,14,16,28H,3,6-7,12-13,15H2,1H3,(H,24,26)/p+1/b25-17+. The second kappa shape index (κ2) is 9.20. The van der Waals surface area contributed by atoms with Gasteiger partial charge in [0.15, 0.2) is 0 Å². The summed E-state index contributed by atoms with van der Waals surface area (Å²) < 4.78 is 0. The topological polar surface area (TPSA) is 62.0 Å². The number of hydrazone groups is 1. The Hall–Kier alpha value is -2.70. The molecule has 1 saturated heterocycles. The van der Waals surface area contributed by atoms with E-state index in [1.54, 1.807) is 11.0 Å². The number of phenolic OH excluding ortho intramolecular Hbond substituents is 1. The number of quaternary nitrogens is 1. The maximum absolute atomic E-state index is 10.3. The van der Waals surface area contributed by atoms with Crippen LogP contribution in [0.1, 0.15) is 37.3 Å². The summed E-state index contributed by atoms with van der Waals surface area (Å²) in [5.74, 6) is 0.375. The summed E-state index contributed by atoms with van der Waals surface area (Å²) in [5, 5.41) is 17.6. The SMILES string of the molecule is C/C(=N\Nc1nc(-c2ccccc2)cs1)c1ccc(O)c(C[NH+]2CCCCC2)c1. The van der Waals surface area contributed by atoms with Gasteiger partial charge in [0.2, 0.25) is 5.13 Å². The Morgan fingerprint density at radius 2 is 1.93 bits per heavy atom. The molecule has 29 heavy (non-hydrogen) atoms. The summed E-state index contributed by atoms with van der Waals surface area (Å²) in [4.78, 5) is 6.16. The van der Waals surface area contributed by atoms with Gasteiger partial charge in [-0.25, -0.2) is 4.98 Å². The molecule has 0 radical (unpaired) electrons. The highest BCUT2D eigenvalue weighted by atomic mass is 32.1. The van der Waals surface area contributed by atoms with Crippen LogP contribution in [-0.2, 0) is 6.54 Å². The zero-order chi connectivity index (χ0) is 20.1. The molecule has 4 rings (SSSR count). The minimum atomic E-state index is 0.375. The Morgan fingerprint density at radius 3 is 2.72 bits per heavy atom. The molecule has 0 amide bonds. The van der Waals surface area contributed by atoms with Crippen molar-refractivity contribution in [3.8, 4) is 17.0 Å². The first-order chi connectivity index (χ1) is 14.2. The molecule has 2 heterocycles. The third-order valence-electron chi connectivity index (χ3n) is 5.39. The highest BCUT2D eigenvalue weighted by molar-refractivity contribution is 7.14. The number of thiazole rings is 1. The van der Waals surface area contributed by atoms with Crippen LogP contribution in [-0.4, -0.2) is 28.9 Å². The summed E-state index contributed by atoms with van der Waals surface area (Å²) in [6.07, 6.45) is 3.88. The number of aromatic hydroxyl groups is 1. The molecule has 2 aromatic carbocycles. The normalized spacial score (nSPS) is 15.4. The first-order valence-corrected chi connectivity index (χ1v) is 11.0. The number of anilines is 1. The van der Waals surface area contributed by atoms with Gasteiger partial charge in [0.1, 0.15) is 12.3 Å². The fraction of sp³-hybridized carbons (Fsp3) is 0.304. The summed E-state index contributed by atoms with van der Waals surface area (Å²) in [6.45, 7) is 5.22. The highest BCUT2D eigenvalue weighted by Gasteiger charge is 2.16. The molecule has 0 bridgehead atoms. The van der Waals surface area contributed by atoms with Gasteiger partial charge >= 0.3 is 0 Å². The van der Waals surface area contributed by atoms with Crippen LogP contribution in [0, 0.1) is 0 Å². The number of nitrogens with one attached hydrogen (secondary N) is 2. The van der Waals surface area contributed by atoms with Crippen molar-refractivity contribution in [1.82, 2.24) is 4.98 Å². The van der Waals surface area contributed by atoms with E-state index in [1.165, 1.54) is 43.7 Å². The van der Waals surface area contributed by atoms with Gasteiger partial charge in [-0.15, -0.1) is 11.3 Å². The van der Waals surface area contributed by atoms with Crippen LogP contribution >= 0.6 is 11.3 Å². The molecule has 1 aliphatic rings. The molecule has 0 unspecified atom stereocenters. The Morgan fingerprint density at radius 1 is 1.14 bits per heavy atom. The Kier molecular flexibility index (Phi) is 6.22. The molecule has 3 N–H and O–H groups in total. The zero-order valence-electron chi connectivity index (χ0n) is 16.7. The van der Waals surface area contributed by atoms with Crippen molar-refractivity contribution >= 4 is 22.2 Å². The molecule has 0 saturated carbocycles. The first kappa shape index (κ1) is 19.6. The maximum Gasteiger partial charge on any atom is 0.203 e. The largest absolute Gasteiger partial charge is 0.507 e. The number of piperidine rings is 1. The molecular formula is C23H27N4OS+. The second-order valence-corrected chi connectivity index (χ2v) is 8.40. The van der Waals surface area contributed by atoms with Crippen LogP contribution in [0.5, 0.6) is 5.75 Å². The van der Waals surface area contributed by atoms with Crippen molar-refractivity contribution < 1.29 is 10.0 Å². The number of phenols is 1. The molecule has 1 aromatic heterocycles. The van der Waals surface area contributed by atoms with Crippen LogP contribution < -0.4 is 10.3 Å². The minimum Gasteiger partial charge on any atom is -0.507 e. The van der Waals surface area contributed by atoms with Crippen molar-refractivity contribution in [3.63, 3.8) is 0 Å². The van der Waals surface area contributed by atoms with Gasteiger partial charge in [-0.3, -0.25) is 5.43 Å². The van der Waals surface area contributed by atoms with Gasteiger partial charge in [0, 0.05) is 16.5 Å².